The zero-order chi connectivity index (χ0) is 17.0. The van der Waals surface area contributed by atoms with Crippen LogP contribution in [0.1, 0.15) is 30.1 Å². The number of fused-ring (bicyclic) bond motifs is 1. The van der Waals surface area contributed by atoms with Crippen molar-refractivity contribution < 1.29 is 19.1 Å². The second kappa shape index (κ2) is 5.30. The first-order valence-corrected chi connectivity index (χ1v) is 8.28. The Morgan fingerprint density at radius 1 is 1.08 bits per heavy atom. The van der Waals surface area contributed by atoms with Crippen LogP contribution in [0.25, 0.3) is 0 Å². The molecule has 1 aromatic rings. The first-order valence-electron chi connectivity index (χ1n) is 8.28. The standard InChI is InChI=1S/C19H19NO4/c1-10(21)13-7-8-15(24-2)14(9-13)20-18(22)16-11-3-4-12(6-5-11)17(16)19(20)23/h3-4,7-9,11-12,16-17H,5-6H2,1-2H3/t11-,12-,16-,17+/m1/s1. The molecule has 1 aromatic carbocycles. The second-order valence-corrected chi connectivity index (χ2v) is 6.80. The quantitative estimate of drug-likeness (QED) is 0.487. The highest BCUT2D eigenvalue weighted by Crippen LogP contribution is 2.51. The lowest BCUT2D eigenvalue weighted by molar-refractivity contribution is -0.124. The van der Waals surface area contributed by atoms with Crippen LogP contribution in [0.3, 0.4) is 0 Å². The van der Waals surface area contributed by atoms with Crippen LogP contribution < -0.4 is 9.64 Å². The number of allylic oxidation sites excluding steroid dienone is 2. The van der Waals surface area contributed by atoms with Crippen molar-refractivity contribution in [3.8, 4) is 5.75 Å². The Labute approximate surface area is 140 Å². The van der Waals surface area contributed by atoms with Crippen molar-refractivity contribution in [3.63, 3.8) is 0 Å². The SMILES string of the molecule is COc1ccc(C(C)=O)cc1N1C(=O)[C@@H]2[C@H](C1=O)[C@@H]1C=C[C@@H]2CC1. The summed E-state index contributed by atoms with van der Waals surface area (Å²) in [5.41, 5.74) is 0.844. The van der Waals surface area contributed by atoms with E-state index in [2.05, 4.69) is 12.2 Å². The first-order chi connectivity index (χ1) is 11.5. The van der Waals surface area contributed by atoms with E-state index in [1.54, 1.807) is 18.2 Å². The van der Waals surface area contributed by atoms with E-state index in [0.717, 1.165) is 12.8 Å². The van der Waals surface area contributed by atoms with E-state index in [1.165, 1.54) is 18.9 Å². The molecule has 0 spiro atoms. The Bertz CT molecular complexity index is 750. The smallest absolute Gasteiger partial charge is 0.238 e. The van der Waals surface area contributed by atoms with Gasteiger partial charge in [-0.25, -0.2) is 4.90 Å². The van der Waals surface area contributed by atoms with Gasteiger partial charge in [-0.2, -0.15) is 0 Å². The topological polar surface area (TPSA) is 63.7 Å². The minimum Gasteiger partial charge on any atom is -0.495 e. The third kappa shape index (κ3) is 1.97. The predicted molar refractivity (Wildman–Crippen MR) is 87.8 cm³/mol. The van der Waals surface area contributed by atoms with Crippen LogP contribution in [-0.2, 0) is 9.59 Å². The second-order valence-electron chi connectivity index (χ2n) is 6.80. The summed E-state index contributed by atoms with van der Waals surface area (Å²) in [6.45, 7) is 1.46. The monoisotopic (exact) mass is 325 g/mol. The van der Waals surface area contributed by atoms with Gasteiger partial charge in [0.1, 0.15) is 5.75 Å². The van der Waals surface area contributed by atoms with Gasteiger partial charge in [0.15, 0.2) is 5.78 Å². The minimum absolute atomic E-state index is 0.114. The molecule has 1 saturated carbocycles. The molecule has 4 atom stereocenters. The Morgan fingerprint density at radius 2 is 1.67 bits per heavy atom. The van der Waals surface area contributed by atoms with Gasteiger partial charge in [-0.15, -0.1) is 0 Å². The predicted octanol–water partition coefficient (Wildman–Crippen LogP) is 2.60. The van der Waals surface area contributed by atoms with Crippen LogP contribution in [0.4, 0.5) is 5.69 Å². The number of amides is 2. The lowest BCUT2D eigenvalue weighted by Gasteiger charge is -2.38. The van der Waals surface area contributed by atoms with Gasteiger partial charge in [-0.1, -0.05) is 12.2 Å². The number of ketones is 1. The average Bonchev–Trinajstić information content (AvgIpc) is 2.88. The minimum atomic E-state index is -0.271. The van der Waals surface area contributed by atoms with Crippen molar-refractivity contribution in [2.45, 2.75) is 19.8 Å². The number of carbonyl (C=O) groups is 3. The van der Waals surface area contributed by atoms with Crippen LogP contribution in [0.2, 0.25) is 0 Å². The summed E-state index contributed by atoms with van der Waals surface area (Å²) in [4.78, 5) is 39.0. The maximum absolute atomic E-state index is 13.0. The molecule has 2 fully saturated rings. The molecule has 0 unspecified atom stereocenters. The van der Waals surface area contributed by atoms with E-state index in [9.17, 15) is 14.4 Å². The number of anilines is 1. The number of hydrogen-bond donors (Lipinski definition) is 0. The molecule has 0 radical (unpaired) electrons. The Balaban J connectivity index is 1.80. The van der Waals surface area contributed by atoms with E-state index in [4.69, 9.17) is 4.74 Å². The molecule has 0 aromatic heterocycles. The fraction of sp³-hybridized carbons (Fsp3) is 0.421. The zero-order valence-corrected chi connectivity index (χ0v) is 13.7. The van der Waals surface area contributed by atoms with Crippen molar-refractivity contribution in [2.75, 3.05) is 12.0 Å². The third-order valence-corrected chi connectivity index (χ3v) is 5.59. The number of Topliss-reactive ketones (excluding diaryl/α,β-unsaturated/α-hetero) is 1. The number of carbonyl (C=O) groups excluding carboxylic acids is 3. The van der Waals surface area contributed by atoms with Crippen LogP contribution in [0.5, 0.6) is 5.75 Å². The van der Waals surface area contributed by atoms with E-state index < -0.39 is 0 Å². The van der Waals surface area contributed by atoms with Gasteiger partial charge in [0.2, 0.25) is 11.8 Å². The maximum atomic E-state index is 13.0. The van der Waals surface area contributed by atoms with Gasteiger partial charge in [0, 0.05) is 5.56 Å². The van der Waals surface area contributed by atoms with Crippen LogP contribution >= 0.6 is 0 Å². The zero-order valence-electron chi connectivity index (χ0n) is 13.7. The van der Waals surface area contributed by atoms with Gasteiger partial charge in [-0.3, -0.25) is 14.4 Å². The molecule has 124 valence electrons. The van der Waals surface area contributed by atoms with Crippen LogP contribution in [0.15, 0.2) is 30.4 Å². The van der Waals surface area contributed by atoms with Crippen molar-refractivity contribution in [1.82, 2.24) is 0 Å². The number of hydrogen-bond acceptors (Lipinski definition) is 4. The van der Waals surface area contributed by atoms with Gasteiger partial charge < -0.3 is 4.74 Å². The molecule has 1 aliphatic heterocycles. The molecule has 1 saturated heterocycles. The molecule has 24 heavy (non-hydrogen) atoms. The number of imide groups is 1. The Hall–Kier alpha value is -2.43. The molecule has 5 nitrogen and oxygen atoms in total. The summed E-state index contributed by atoms with van der Waals surface area (Å²) in [6.07, 6.45) is 6.10. The van der Waals surface area contributed by atoms with Crippen molar-refractivity contribution >= 4 is 23.3 Å². The highest BCUT2D eigenvalue weighted by molar-refractivity contribution is 6.23. The summed E-state index contributed by atoms with van der Waals surface area (Å²) in [6, 6.07) is 4.87. The van der Waals surface area contributed by atoms with Gasteiger partial charge >= 0.3 is 0 Å². The molecule has 2 amide bonds. The summed E-state index contributed by atoms with van der Waals surface area (Å²) in [5, 5.41) is 0. The lowest BCUT2D eigenvalue weighted by Crippen LogP contribution is -2.38. The Morgan fingerprint density at radius 3 is 2.12 bits per heavy atom. The van der Waals surface area contributed by atoms with Gasteiger partial charge in [-0.05, 0) is 49.8 Å². The summed E-state index contributed by atoms with van der Waals surface area (Å²) in [7, 11) is 1.50. The number of methoxy groups -OCH3 is 1. The fourth-order valence-electron chi connectivity index (χ4n) is 4.40. The van der Waals surface area contributed by atoms with Crippen molar-refractivity contribution in [3.05, 3.63) is 35.9 Å². The Kier molecular flexibility index (Phi) is 3.34. The van der Waals surface area contributed by atoms with Gasteiger partial charge in [0.25, 0.3) is 0 Å². The third-order valence-electron chi connectivity index (χ3n) is 5.59. The highest BCUT2D eigenvalue weighted by atomic mass is 16.5. The summed E-state index contributed by atoms with van der Waals surface area (Å²) < 4.78 is 5.34. The molecule has 5 heteroatoms. The van der Waals surface area contributed by atoms with E-state index in [0.29, 0.717) is 17.0 Å². The normalized spacial score (nSPS) is 30.7. The number of nitrogens with zero attached hydrogens (tertiary/aromatic N) is 1. The fourth-order valence-corrected chi connectivity index (χ4v) is 4.40. The van der Waals surface area contributed by atoms with E-state index in [1.807, 2.05) is 0 Å². The molecule has 0 N–H and O–H groups in total. The highest BCUT2D eigenvalue weighted by Gasteiger charge is 2.57. The molecule has 3 aliphatic carbocycles. The average molecular weight is 325 g/mol. The van der Waals surface area contributed by atoms with Crippen LogP contribution in [0, 0.1) is 23.7 Å². The lowest BCUT2D eigenvalue weighted by atomic mass is 9.63. The number of benzene rings is 1. The summed E-state index contributed by atoms with van der Waals surface area (Å²) >= 11 is 0. The van der Waals surface area contributed by atoms with Crippen LogP contribution in [-0.4, -0.2) is 24.7 Å². The largest absolute Gasteiger partial charge is 0.495 e. The number of rotatable bonds is 3. The van der Waals surface area contributed by atoms with Crippen molar-refractivity contribution in [1.29, 1.82) is 0 Å². The number of ether oxygens (including phenoxy) is 1. The van der Waals surface area contributed by atoms with E-state index in [-0.39, 0.29) is 41.3 Å². The van der Waals surface area contributed by atoms with Gasteiger partial charge in [0.05, 0.1) is 24.6 Å². The molecular formula is C19H19NO4. The molecule has 5 rings (SSSR count). The first kappa shape index (κ1) is 15.1. The summed E-state index contributed by atoms with van der Waals surface area (Å²) in [5.74, 6) is -0.269. The molecule has 4 aliphatic rings. The van der Waals surface area contributed by atoms with E-state index >= 15 is 0 Å². The molecule has 2 bridgehead atoms. The molecular weight excluding hydrogens is 306 g/mol. The van der Waals surface area contributed by atoms with Crippen molar-refractivity contribution in [2.24, 2.45) is 23.7 Å². The molecule has 1 heterocycles. The maximum Gasteiger partial charge on any atom is 0.238 e.